The van der Waals surface area contributed by atoms with Crippen molar-refractivity contribution in [1.29, 1.82) is 0 Å². The van der Waals surface area contributed by atoms with Crippen LogP contribution in [0.3, 0.4) is 0 Å². The van der Waals surface area contributed by atoms with E-state index >= 15 is 0 Å². The van der Waals surface area contributed by atoms with Crippen LogP contribution in [0.5, 0.6) is 0 Å². The number of carbonyl (C=O) groups is 1. The van der Waals surface area contributed by atoms with Gasteiger partial charge in [-0.2, -0.15) is 5.10 Å². The van der Waals surface area contributed by atoms with Crippen LogP contribution in [0.1, 0.15) is 51.7 Å². The Bertz CT molecular complexity index is 660. The zero-order chi connectivity index (χ0) is 15.0. The molecule has 1 amide bonds. The van der Waals surface area contributed by atoms with Gasteiger partial charge in [-0.1, -0.05) is 6.92 Å². The standard InChI is InChI=1S/C15H20N4OS/c1-4-13-17-10(2)14(21-13)15(20)19-7-5-6-12(19)11-8-16-18(3)9-11/h8-9,12H,4-7H2,1-3H3. The second-order valence-corrected chi connectivity index (χ2v) is 6.56. The second kappa shape index (κ2) is 5.60. The molecule has 0 spiro atoms. The van der Waals surface area contributed by atoms with E-state index in [1.54, 1.807) is 4.68 Å². The summed E-state index contributed by atoms with van der Waals surface area (Å²) in [6.45, 7) is 4.82. The third-order valence-electron chi connectivity index (χ3n) is 3.96. The maximum atomic E-state index is 12.9. The number of amides is 1. The van der Waals surface area contributed by atoms with Crippen LogP contribution >= 0.6 is 11.3 Å². The average molecular weight is 304 g/mol. The minimum Gasteiger partial charge on any atom is -0.331 e. The van der Waals surface area contributed by atoms with Crippen LogP contribution in [0.2, 0.25) is 0 Å². The van der Waals surface area contributed by atoms with Gasteiger partial charge in [-0.25, -0.2) is 4.98 Å². The topological polar surface area (TPSA) is 51.0 Å². The molecule has 1 fully saturated rings. The first kappa shape index (κ1) is 14.3. The Hall–Kier alpha value is -1.69. The van der Waals surface area contributed by atoms with Gasteiger partial charge in [-0.05, 0) is 26.2 Å². The quantitative estimate of drug-likeness (QED) is 0.876. The third kappa shape index (κ3) is 2.60. The van der Waals surface area contributed by atoms with Crippen LogP contribution in [0.15, 0.2) is 12.4 Å². The Labute approximate surface area is 128 Å². The summed E-state index contributed by atoms with van der Waals surface area (Å²) in [5, 5.41) is 5.27. The van der Waals surface area contributed by atoms with Crippen molar-refractivity contribution in [2.75, 3.05) is 6.54 Å². The van der Waals surface area contributed by atoms with Crippen molar-refractivity contribution in [3.8, 4) is 0 Å². The Morgan fingerprint density at radius 2 is 2.33 bits per heavy atom. The molecule has 21 heavy (non-hydrogen) atoms. The first-order valence-corrected chi connectivity index (χ1v) is 8.17. The van der Waals surface area contributed by atoms with Crippen molar-refractivity contribution in [2.45, 2.75) is 39.2 Å². The highest BCUT2D eigenvalue weighted by Gasteiger charge is 2.33. The number of thiazole rings is 1. The first-order valence-electron chi connectivity index (χ1n) is 7.36. The Balaban J connectivity index is 1.87. The van der Waals surface area contributed by atoms with Crippen LogP contribution in [0.4, 0.5) is 0 Å². The lowest BCUT2D eigenvalue weighted by molar-refractivity contribution is 0.0739. The smallest absolute Gasteiger partial charge is 0.266 e. The van der Waals surface area contributed by atoms with E-state index in [1.165, 1.54) is 11.3 Å². The Kier molecular flexibility index (Phi) is 3.80. The Morgan fingerprint density at radius 3 is 2.95 bits per heavy atom. The zero-order valence-corrected chi connectivity index (χ0v) is 13.5. The fourth-order valence-corrected chi connectivity index (χ4v) is 3.86. The van der Waals surface area contributed by atoms with Crippen LogP contribution in [-0.4, -0.2) is 32.1 Å². The van der Waals surface area contributed by atoms with Crippen molar-refractivity contribution in [3.63, 3.8) is 0 Å². The highest BCUT2D eigenvalue weighted by atomic mass is 32.1. The van der Waals surface area contributed by atoms with E-state index < -0.39 is 0 Å². The molecule has 3 rings (SSSR count). The maximum absolute atomic E-state index is 12.9. The fourth-order valence-electron chi connectivity index (χ4n) is 2.90. The van der Waals surface area contributed by atoms with E-state index in [1.807, 2.05) is 31.3 Å². The van der Waals surface area contributed by atoms with Crippen LogP contribution in [0.25, 0.3) is 0 Å². The van der Waals surface area contributed by atoms with E-state index in [2.05, 4.69) is 17.0 Å². The molecule has 5 nitrogen and oxygen atoms in total. The molecular weight excluding hydrogens is 284 g/mol. The van der Waals surface area contributed by atoms with E-state index in [9.17, 15) is 4.79 Å². The fraction of sp³-hybridized carbons (Fsp3) is 0.533. The predicted molar refractivity (Wildman–Crippen MR) is 82.4 cm³/mol. The zero-order valence-electron chi connectivity index (χ0n) is 12.7. The first-order chi connectivity index (χ1) is 10.1. The van der Waals surface area contributed by atoms with E-state index in [0.29, 0.717) is 0 Å². The van der Waals surface area contributed by atoms with Crippen molar-refractivity contribution < 1.29 is 4.79 Å². The minimum atomic E-state index is 0.121. The summed E-state index contributed by atoms with van der Waals surface area (Å²) in [5.74, 6) is 0.121. The molecule has 0 bridgehead atoms. The summed E-state index contributed by atoms with van der Waals surface area (Å²) in [5.41, 5.74) is 1.99. The lowest BCUT2D eigenvalue weighted by Crippen LogP contribution is -2.30. The number of aromatic nitrogens is 3. The number of hydrogen-bond acceptors (Lipinski definition) is 4. The van der Waals surface area contributed by atoms with Crippen molar-refractivity contribution >= 4 is 17.2 Å². The summed E-state index contributed by atoms with van der Waals surface area (Å²) in [7, 11) is 1.91. The monoisotopic (exact) mass is 304 g/mol. The molecule has 112 valence electrons. The molecule has 1 saturated heterocycles. The average Bonchev–Trinajstić information content (AvgIpc) is 3.16. The maximum Gasteiger partial charge on any atom is 0.266 e. The predicted octanol–water partition coefficient (Wildman–Crippen LogP) is 2.72. The van der Waals surface area contributed by atoms with Crippen molar-refractivity contribution in [3.05, 3.63) is 33.5 Å². The SMILES string of the molecule is CCc1nc(C)c(C(=O)N2CCCC2c2cnn(C)c2)s1. The van der Waals surface area contributed by atoms with Gasteiger partial charge in [-0.3, -0.25) is 9.48 Å². The summed E-state index contributed by atoms with van der Waals surface area (Å²) in [4.78, 5) is 20.1. The van der Waals surface area contributed by atoms with Gasteiger partial charge in [0.15, 0.2) is 0 Å². The van der Waals surface area contributed by atoms with E-state index in [4.69, 9.17) is 0 Å². The normalized spacial score (nSPS) is 18.4. The summed E-state index contributed by atoms with van der Waals surface area (Å²) >= 11 is 1.53. The third-order valence-corrected chi connectivity index (χ3v) is 5.25. The second-order valence-electron chi connectivity index (χ2n) is 5.48. The molecule has 1 unspecified atom stereocenters. The van der Waals surface area contributed by atoms with Gasteiger partial charge in [0.1, 0.15) is 4.88 Å². The van der Waals surface area contributed by atoms with E-state index in [0.717, 1.165) is 46.9 Å². The largest absolute Gasteiger partial charge is 0.331 e. The highest BCUT2D eigenvalue weighted by molar-refractivity contribution is 7.13. The molecule has 2 aromatic rings. The van der Waals surface area contributed by atoms with Crippen LogP contribution in [-0.2, 0) is 13.5 Å². The summed E-state index contributed by atoms with van der Waals surface area (Å²) in [6, 6.07) is 0.151. The van der Waals surface area contributed by atoms with Crippen molar-refractivity contribution in [1.82, 2.24) is 19.7 Å². The number of likely N-dealkylation sites (tertiary alicyclic amines) is 1. The van der Waals surface area contributed by atoms with Gasteiger partial charge in [0.05, 0.1) is 22.9 Å². The van der Waals surface area contributed by atoms with Gasteiger partial charge >= 0.3 is 0 Å². The number of nitrogens with zero attached hydrogens (tertiary/aromatic N) is 4. The molecule has 1 aliphatic rings. The highest BCUT2D eigenvalue weighted by Crippen LogP contribution is 2.34. The molecule has 3 heterocycles. The van der Waals surface area contributed by atoms with Crippen LogP contribution < -0.4 is 0 Å². The lowest BCUT2D eigenvalue weighted by atomic mass is 10.1. The number of aryl methyl sites for hydroxylation is 3. The van der Waals surface area contributed by atoms with E-state index in [-0.39, 0.29) is 11.9 Å². The number of rotatable bonds is 3. The molecular formula is C15H20N4OS. The van der Waals surface area contributed by atoms with Gasteiger partial charge in [0.25, 0.3) is 5.91 Å². The number of carbonyl (C=O) groups excluding carboxylic acids is 1. The van der Waals surface area contributed by atoms with Gasteiger partial charge < -0.3 is 4.90 Å². The molecule has 0 saturated carbocycles. The summed E-state index contributed by atoms with van der Waals surface area (Å²) < 4.78 is 1.80. The number of hydrogen-bond donors (Lipinski definition) is 0. The van der Waals surface area contributed by atoms with Crippen molar-refractivity contribution in [2.24, 2.45) is 7.05 Å². The van der Waals surface area contributed by atoms with Gasteiger partial charge in [0, 0.05) is 25.4 Å². The Morgan fingerprint density at radius 1 is 1.52 bits per heavy atom. The van der Waals surface area contributed by atoms with Gasteiger partial charge in [-0.15, -0.1) is 11.3 Å². The van der Waals surface area contributed by atoms with Crippen LogP contribution in [0, 0.1) is 6.92 Å². The van der Waals surface area contributed by atoms with Gasteiger partial charge in [0.2, 0.25) is 0 Å². The minimum absolute atomic E-state index is 0.121. The molecule has 1 atom stereocenters. The lowest BCUT2D eigenvalue weighted by Gasteiger charge is -2.23. The molecule has 1 aliphatic heterocycles. The molecule has 2 aromatic heterocycles. The molecule has 0 N–H and O–H groups in total. The molecule has 0 aromatic carbocycles. The molecule has 0 radical (unpaired) electrons. The molecule has 6 heteroatoms. The summed E-state index contributed by atoms with van der Waals surface area (Å²) in [6.07, 6.45) is 6.81. The molecule has 0 aliphatic carbocycles.